The highest BCUT2D eigenvalue weighted by Crippen LogP contribution is 2.45. The average Bonchev–Trinajstić information content (AvgIpc) is 3.58. The predicted octanol–water partition coefficient (Wildman–Crippen LogP) is 19.0. The number of aliphatic hydroxyl groups excluding tert-OH is 1. The highest BCUT2D eigenvalue weighted by atomic mass is 31.2. The van der Waals surface area contributed by atoms with E-state index < -0.39 is 97.5 Å². The summed E-state index contributed by atoms with van der Waals surface area (Å²) >= 11 is 0. The number of rotatable bonds is 67. The fourth-order valence-electron chi connectivity index (χ4n) is 10.1. The minimum Gasteiger partial charge on any atom is -0.462 e. The number of hydrogen-bond donors (Lipinski definition) is 3. The Morgan fingerprint density at radius 1 is 0.314 bits per heavy atom. The van der Waals surface area contributed by atoms with E-state index in [-0.39, 0.29) is 25.7 Å². The Bertz CT molecular complexity index is 1670. The van der Waals surface area contributed by atoms with Gasteiger partial charge in [0.1, 0.15) is 19.3 Å². The normalized spacial score (nSPS) is 14.2. The summed E-state index contributed by atoms with van der Waals surface area (Å²) < 4.78 is 68.1. The van der Waals surface area contributed by atoms with E-state index in [0.29, 0.717) is 25.7 Å². The maximum atomic E-state index is 13.0. The SMILES string of the molecule is CCCCCCCCCCCCCCCCC(=O)OC[C@H](COP(=O)(O)OC[C@@H](O)COP(=O)(O)OC[C@@H](COC(=O)CCCCCCCCCCC)OC(=O)CCCCCCCCCCC)OC(=O)CCCCCCCCCCCCCC(C)C. The number of carbonyl (C=O) groups is 4. The van der Waals surface area contributed by atoms with Crippen LogP contribution in [0.25, 0.3) is 0 Å². The first-order valence-corrected chi connectivity index (χ1v) is 38.1. The summed E-state index contributed by atoms with van der Waals surface area (Å²) in [4.78, 5) is 72.3. The van der Waals surface area contributed by atoms with Gasteiger partial charge < -0.3 is 33.8 Å². The smallest absolute Gasteiger partial charge is 0.462 e. The van der Waals surface area contributed by atoms with Gasteiger partial charge in [0.15, 0.2) is 12.2 Å². The van der Waals surface area contributed by atoms with Crippen molar-refractivity contribution in [2.24, 2.45) is 5.92 Å². The van der Waals surface area contributed by atoms with Crippen LogP contribution in [0.3, 0.4) is 0 Å². The van der Waals surface area contributed by atoms with Gasteiger partial charge in [0, 0.05) is 25.7 Å². The Hall–Kier alpha value is -1.94. The zero-order chi connectivity index (χ0) is 63.5. The van der Waals surface area contributed by atoms with Crippen molar-refractivity contribution in [3.05, 3.63) is 0 Å². The van der Waals surface area contributed by atoms with Crippen LogP contribution in [0.15, 0.2) is 0 Å². The Kier molecular flexibility index (Phi) is 59.2. The van der Waals surface area contributed by atoms with Crippen LogP contribution >= 0.6 is 15.6 Å². The lowest BCUT2D eigenvalue weighted by molar-refractivity contribution is -0.161. The Morgan fingerprint density at radius 3 is 0.791 bits per heavy atom. The predicted molar refractivity (Wildman–Crippen MR) is 345 cm³/mol. The summed E-state index contributed by atoms with van der Waals surface area (Å²) in [6.45, 7) is 7.20. The summed E-state index contributed by atoms with van der Waals surface area (Å²) in [5.74, 6) is -1.36. The summed E-state index contributed by atoms with van der Waals surface area (Å²) in [6, 6.07) is 0. The van der Waals surface area contributed by atoms with Gasteiger partial charge in [-0.25, -0.2) is 9.13 Å². The van der Waals surface area contributed by atoms with Crippen LogP contribution in [0.5, 0.6) is 0 Å². The topological polar surface area (TPSA) is 237 Å². The molecule has 0 aliphatic heterocycles. The molecule has 0 heterocycles. The van der Waals surface area contributed by atoms with Crippen LogP contribution in [0.1, 0.15) is 343 Å². The van der Waals surface area contributed by atoms with Crippen LogP contribution < -0.4 is 0 Å². The summed E-state index contributed by atoms with van der Waals surface area (Å²) in [7, 11) is -9.89. The zero-order valence-corrected chi connectivity index (χ0v) is 57.2. The fraction of sp³-hybridized carbons (Fsp3) is 0.940. The molecular weight excluding hydrogens is 1140 g/mol. The maximum absolute atomic E-state index is 13.0. The second-order valence-corrected chi connectivity index (χ2v) is 27.6. The van der Waals surface area contributed by atoms with Crippen LogP contribution in [0, 0.1) is 5.92 Å². The number of esters is 4. The molecule has 0 aliphatic rings. The van der Waals surface area contributed by atoms with Crippen LogP contribution in [-0.2, 0) is 65.4 Å². The molecule has 5 atom stereocenters. The molecule has 0 fully saturated rings. The van der Waals surface area contributed by atoms with Gasteiger partial charge in [-0.1, -0.05) is 291 Å². The van der Waals surface area contributed by atoms with E-state index in [1.54, 1.807) is 0 Å². The van der Waals surface area contributed by atoms with Gasteiger partial charge in [-0.2, -0.15) is 0 Å². The minimum atomic E-state index is -4.95. The lowest BCUT2D eigenvalue weighted by Gasteiger charge is -2.21. The van der Waals surface area contributed by atoms with E-state index in [1.807, 2.05) is 0 Å². The molecule has 0 aromatic rings. The number of phosphoric ester groups is 2. The first-order valence-electron chi connectivity index (χ1n) is 35.1. The molecule has 19 heteroatoms. The number of ether oxygens (including phenoxy) is 4. The highest BCUT2D eigenvalue weighted by molar-refractivity contribution is 7.47. The summed E-state index contributed by atoms with van der Waals surface area (Å²) in [6.07, 6.45) is 45.7. The van der Waals surface area contributed by atoms with Crippen molar-refractivity contribution in [1.29, 1.82) is 0 Å². The van der Waals surface area contributed by atoms with Gasteiger partial charge in [0.2, 0.25) is 0 Å². The molecule has 17 nitrogen and oxygen atoms in total. The fourth-order valence-corrected chi connectivity index (χ4v) is 11.7. The monoisotopic (exact) mass is 1270 g/mol. The number of aliphatic hydroxyl groups is 1. The molecule has 0 saturated carbocycles. The molecule has 0 radical (unpaired) electrons. The molecular formula is C67H130O17P2. The third-order valence-corrected chi connectivity index (χ3v) is 17.4. The van der Waals surface area contributed by atoms with Crippen molar-refractivity contribution < 1.29 is 80.2 Å². The van der Waals surface area contributed by atoms with E-state index in [9.17, 15) is 43.2 Å². The Labute approximate surface area is 524 Å². The average molecular weight is 1270 g/mol. The molecule has 0 bridgehead atoms. The molecule has 3 N–H and O–H groups in total. The van der Waals surface area contributed by atoms with Gasteiger partial charge in [-0.3, -0.25) is 37.3 Å². The van der Waals surface area contributed by atoms with E-state index in [0.717, 1.165) is 95.8 Å². The molecule has 510 valence electrons. The van der Waals surface area contributed by atoms with Crippen LogP contribution in [0.4, 0.5) is 0 Å². The lowest BCUT2D eigenvalue weighted by atomic mass is 10.0. The van der Waals surface area contributed by atoms with Gasteiger partial charge in [0.25, 0.3) is 0 Å². The third-order valence-electron chi connectivity index (χ3n) is 15.5. The number of carbonyl (C=O) groups excluding carboxylic acids is 4. The molecule has 0 spiro atoms. The minimum absolute atomic E-state index is 0.106. The third kappa shape index (κ3) is 60.9. The van der Waals surface area contributed by atoms with Crippen molar-refractivity contribution in [1.82, 2.24) is 0 Å². The quantitative estimate of drug-likeness (QED) is 0.0222. The lowest BCUT2D eigenvalue weighted by Crippen LogP contribution is -2.30. The van der Waals surface area contributed by atoms with Gasteiger partial charge >= 0.3 is 39.5 Å². The van der Waals surface area contributed by atoms with Crippen LogP contribution in [0.2, 0.25) is 0 Å². The van der Waals surface area contributed by atoms with Crippen molar-refractivity contribution in [3.63, 3.8) is 0 Å². The zero-order valence-electron chi connectivity index (χ0n) is 55.4. The molecule has 0 aromatic heterocycles. The molecule has 0 rings (SSSR count). The summed E-state index contributed by atoms with van der Waals surface area (Å²) in [5, 5.41) is 10.6. The molecule has 0 amide bonds. The Morgan fingerprint density at radius 2 is 0.535 bits per heavy atom. The largest absolute Gasteiger partial charge is 0.472 e. The van der Waals surface area contributed by atoms with Crippen molar-refractivity contribution in [2.75, 3.05) is 39.6 Å². The molecule has 0 aromatic carbocycles. The van der Waals surface area contributed by atoms with E-state index in [4.69, 9.17) is 37.0 Å². The highest BCUT2D eigenvalue weighted by Gasteiger charge is 2.30. The Balaban J connectivity index is 5.22. The number of hydrogen-bond acceptors (Lipinski definition) is 15. The molecule has 86 heavy (non-hydrogen) atoms. The van der Waals surface area contributed by atoms with Crippen molar-refractivity contribution >= 4 is 39.5 Å². The van der Waals surface area contributed by atoms with Gasteiger partial charge in [-0.15, -0.1) is 0 Å². The summed E-state index contributed by atoms with van der Waals surface area (Å²) in [5.41, 5.74) is 0. The molecule has 2 unspecified atom stereocenters. The molecule has 0 saturated heterocycles. The van der Waals surface area contributed by atoms with Crippen molar-refractivity contribution in [3.8, 4) is 0 Å². The maximum Gasteiger partial charge on any atom is 0.472 e. The first-order chi connectivity index (χ1) is 41.5. The first kappa shape index (κ1) is 84.1. The second-order valence-electron chi connectivity index (χ2n) is 24.7. The van der Waals surface area contributed by atoms with E-state index in [1.165, 1.54) is 167 Å². The second kappa shape index (κ2) is 60.6. The van der Waals surface area contributed by atoms with E-state index in [2.05, 4.69) is 34.6 Å². The number of phosphoric acid groups is 2. The van der Waals surface area contributed by atoms with Gasteiger partial charge in [0.05, 0.1) is 26.4 Å². The number of unbranched alkanes of at least 4 members (excludes halogenated alkanes) is 39. The van der Waals surface area contributed by atoms with Crippen LogP contribution in [-0.4, -0.2) is 96.7 Å². The van der Waals surface area contributed by atoms with Crippen molar-refractivity contribution in [2.45, 2.75) is 361 Å². The standard InChI is InChI=1S/C67H130O17P2/c1-6-9-12-15-18-21-22-23-24-27-32-36-41-46-51-65(70)78-57-63(84-67(72)53-48-43-38-33-28-25-26-31-34-39-44-49-60(4)5)59-82-86(75,76)80-55-61(68)54-79-85(73,74)81-58-62(83-66(71)52-47-42-37-30-20-17-14-11-8-3)56-77-64(69)50-45-40-35-29-19-16-13-10-7-2/h60-63,68H,6-59H2,1-5H3,(H,73,74)(H,75,76)/t61-,62+,63+/m0/s1. The van der Waals surface area contributed by atoms with E-state index >= 15 is 0 Å². The van der Waals surface area contributed by atoms with Gasteiger partial charge in [-0.05, 0) is 31.6 Å². The molecule has 0 aliphatic carbocycles.